The van der Waals surface area contributed by atoms with Crippen molar-refractivity contribution in [1.82, 2.24) is 26.6 Å². The predicted octanol–water partition coefficient (Wildman–Crippen LogP) is -0.575. The molecule has 1 aromatic carbocycles. The summed E-state index contributed by atoms with van der Waals surface area (Å²) in [5.74, 6) is -4.59. The molecule has 1 heterocycles. The second-order valence-electron chi connectivity index (χ2n) is 13.3. The van der Waals surface area contributed by atoms with Crippen molar-refractivity contribution in [2.75, 3.05) is 13.1 Å². The second-order valence-corrected chi connectivity index (χ2v) is 13.3. The number of nitrogens with one attached hydrogen (secondary N) is 5. The Balaban J connectivity index is 2.43. The fourth-order valence-corrected chi connectivity index (χ4v) is 5.47. The van der Waals surface area contributed by atoms with Crippen LogP contribution in [0.25, 0.3) is 0 Å². The first kappa shape index (κ1) is 42.6. The number of benzene rings is 1. The number of carbonyl (C=O) groups excluding carboxylic acids is 5. The van der Waals surface area contributed by atoms with Crippen molar-refractivity contribution in [3.05, 3.63) is 42.0 Å². The van der Waals surface area contributed by atoms with E-state index in [1.54, 1.807) is 24.3 Å². The van der Waals surface area contributed by atoms with Crippen LogP contribution in [0, 0.1) is 5.92 Å². The lowest BCUT2D eigenvalue weighted by Crippen LogP contribution is -2.59. The van der Waals surface area contributed by atoms with E-state index in [1.807, 2.05) is 13.8 Å². The van der Waals surface area contributed by atoms with Crippen LogP contribution in [0.2, 0.25) is 0 Å². The van der Waals surface area contributed by atoms with Crippen LogP contribution >= 0.6 is 0 Å². The molecule has 13 N–H and O–H groups in total. The summed E-state index contributed by atoms with van der Waals surface area (Å²) < 4.78 is 0. The molecule has 6 atom stereocenters. The molecule has 1 aliphatic heterocycles. The lowest BCUT2D eigenvalue weighted by Gasteiger charge is -2.27. The number of amides is 5. The second kappa shape index (κ2) is 22.3. The number of nitrogens with two attached hydrogens (primary N) is 3. The molecule has 1 aromatic rings. The van der Waals surface area contributed by atoms with Crippen LogP contribution in [0.1, 0.15) is 77.2 Å². The summed E-state index contributed by atoms with van der Waals surface area (Å²) in [5, 5.41) is 32.8. The molecule has 0 bridgehead atoms. The van der Waals surface area contributed by atoms with Crippen LogP contribution in [0.5, 0.6) is 5.75 Å². The number of carbonyl (C=O) groups is 6. The van der Waals surface area contributed by atoms with Crippen LogP contribution in [0.15, 0.2) is 36.4 Å². The van der Waals surface area contributed by atoms with Gasteiger partial charge >= 0.3 is 5.97 Å². The van der Waals surface area contributed by atoms with Crippen LogP contribution < -0.4 is 43.8 Å². The molecular formula is C35H56N8O8. The lowest BCUT2D eigenvalue weighted by molar-refractivity contribution is -0.142. The first-order chi connectivity index (χ1) is 24.2. The molecule has 16 nitrogen and oxygen atoms in total. The molecular weight excluding hydrogens is 660 g/mol. The van der Waals surface area contributed by atoms with Gasteiger partial charge in [-0.25, -0.2) is 4.79 Å². The van der Waals surface area contributed by atoms with Crippen molar-refractivity contribution in [3.63, 3.8) is 0 Å². The molecule has 0 saturated carbocycles. The average Bonchev–Trinajstić information content (AvgIpc) is 3.08. The molecule has 5 amide bonds. The van der Waals surface area contributed by atoms with E-state index in [0.29, 0.717) is 44.3 Å². The quantitative estimate of drug-likeness (QED) is 0.0719. The summed E-state index contributed by atoms with van der Waals surface area (Å²) >= 11 is 0. The third-order valence-corrected chi connectivity index (χ3v) is 8.39. The lowest BCUT2D eigenvalue weighted by atomic mass is 10.0. The van der Waals surface area contributed by atoms with Gasteiger partial charge in [-0.15, -0.1) is 0 Å². The fraction of sp³-hybridized carbons (Fsp3) is 0.600. The van der Waals surface area contributed by atoms with Crippen molar-refractivity contribution in [3.8, 4) is 5.75 Å². The molecule has 0 aliphatic carbocycles. The summed E-state index contributed by atoms with van der Waals surface area (Å²) in [6.45, 7) is 4.39. The SMILES string of the molecule is CC(C)C[C@H](NC(=O)[C@H](Cc1ccc(O)cc1)NC(=O)[C@H]1C/C=C/C[C@H](N)C(=O)N[C@@H](CCCCN)C(=O)N[C@@H](CCCCN)C(=O)N1)C(=O)O. The van der Waals surface area contributed by atoms with Gasteiger partial charge < -0.3 is 54.0 Å². The Morgan fingerprint density at radius 1 is 0.804 bits per heavy atom. The summed E-state index contributed by atoms with van der Waals surface area (Å²) in [6.07, 6.45) is 5.95. The van der Waals surface area contributed by atoms with E-state index >= 15 is 0 Å². The number of aliphatic carboxylic acids is 1. The molecule has 0 radical (unpaired) electrons. The fourth-order valence-electron chi connectivity index (χ4n) is 5.47. The van der Waals surface area contributed by atoms with Gasteiger partial charge in [0.15, 0.2) is 0 Å². The van der Waals surface area contributed by atoms with Crippen molar-refractivity contribution in [1.29, 1.82) is 0 Å². The van der Waals surface area contributed by atoms with E-state index in [2.05, 4.69) is 26.6 Å². The van der Waals surface area contributed by atoms with Gasteiger partial charge in [0, 0.05) is 6.42 Å². The molecule has 0 fully saturated rings. The Bertz CT molecular complexity index is 1340. The number of carboxylic acids is 1. The normalized spacial score (nSPS) is 22.0. The maximum atomic E-state index is 13.9. The largest absolute Gasteiger partial charge is 0.508 e. The number of hydrogen-bond donors (Lipinski definition) is 10. The molecule has 2 rings (SSSR count). The minimum atomic E-state index is -1.27. The summed E-state index contributed by atoms with van der Waals surface area (Å²) in [5.41, 5.74) is 18.0. The Hall–Kier alpha value is -4.54. The highest BCUT2D eigenvalue weighted by molar-refractivity contribution is 5.96. The predicted molar refractivity (Wildman–Crippen MR) is 191 cm³/mol. The highest BCUT2D eigenvalue weighted by atomic mass is 16.4. The van der Waals surface area contributed by atoms with Gasteiger partial charge in [0.25, 0.3) is 0 Å². The smallest absolute Gasteiger partial charge is 0.326 e. The van der Waals surface area contributed by atoms with Crippen molar-refractivity contribution in [2.24, 2.45) is 23.1 Å². The number of unbranched alkanes of at least 4 members (excludes halogenated alkanes) is 2. The van der Waals surface area contributed by atoms with Gasteiger partial charge in [0.2, 0.25) is 29.5 Å². The minimum Gasteiger partial charge on any atom is -0.508 e. The highest BCUT2D eigenvalue weighted by Gasteiger charge is 2.33. The summed E-state index contributed by atoms with van der Waals surface area (Å²) in [6, 6.07) is -0.820. The van der Waals surface area contributed by atoms with Crippen molar-refractivity contribution < 1.29 is 39.0 Å². The van der Waals surface area contributed by atoms with Gasteiger partial charge in [0.05, 0.1) is 6.04 Å². The van der Waals surface area contributed by atoms with E-state index < -0.39 is 71.8 Å². The third-order valence-electron chi connectivity index (χ3n) is 8.39. The van der Waals surface area contributed by atoms with E-state index in [1.165, 1.54) is 12.1 Å². The Morgan fingerprint density at radius 2 is 1.35 bits per heavy atom. The van der Waals surface area contributed by atoms with Gasteiger partial charge in [-0.1, -0.05) is 38.1 Å². The van der Waals surface area contributed by atoms with Gasteiger partial charge in [-0.2, -0.15) is 0 Å². The zero-order valence-electron chi connectivity index (χ0n) is 29.6. The monoisotopic (exact) mass is 716 g/mol. The van der Waals surface area contributed by atoms with E-state index in [4.69, 9.17) is 17.2 Å². The molecule has 284 valence electrons. The molecule has 0 saturated heterocycles. The molecule has 0 spiro atoms. The average molecular weight is 717 g/mol. The zero-order chi connectivity index (χ0) is 37.9. The topological polar surface area (TPSA) is 281 Å². The minimum absolute atomic E-state index is 0.00641. The molecule has 0 aromatic heterocycles. The first-order valence-corrected chi connectivity index (χ1v) is 17.6. The number of hydrogen-bond acceptors (Lipinski definition) is 10. The van der Waals surface area contributed by atoms with Crippen LogP contribution in [-0.2, 0) is 35.2 Å². The Labute approximate surface area is 299 Å². The van der Waals surface area contributed by atoms with Gasteiger partial charge in [-0.05, 0) is 94.5 Å². The van der Waals surface area contributed by atoms with Crippen molar-refractivity contribution in [2.45, 2.75) is 114 Å². The molecule has 0 unspecified atom stereocenters. The van der Waals surface area contributed by atoms with Crippen LogP contribution in [0.4, 0.5) is 0 Å². The van der Waals surface area contributed by atoms with E-state index in [0.717, 1.165) is 0 Å². The summed E-state index contributed by atoms with van der Waals surface area (Å²) in [7, 11) is 0. The molecule has 51 heavy (non-hydrogen) atoms. The number of phenols is 1. The number of aromatic hydroxyl groups is 1. The van der Waals surface area contributed by atoms with E-state index in [9.17, 15) is 39.0 Å². The van der Waals surface area contributed by atoms with Crippen LogP contribution in [-0.4, -0.2) is 95.1 Å². The Morgan fingerprint density at radius 3 is 1.90 bits per heavy atom. The third kappa shape index (κ3) is 15.5. The van der Waals surface area contributed by atoms with Gasteiger partial charge in [0.1, 0.15) is 36.0 Å². The van der Waals surface area contributed by atoms with Crippen LogP contribution in [0.3, 0.4) is 0 Å². The summed E-state index contributed by atoms with van der Waals surface area (Å²) in [4.78, 5) is 79.5. The number of carboxylic acid groups (broad SMARTS) is 1. The number of phenolic OH excluding ortho intramolecular Hbond substituents is 1. The maximum Gasteiger partial charge on any atom is 0.326 e. The zero-order valence-corrected chi connectivity index (χ0v) is 29.6. The standard InChI is InChI=1S/C35H56N8O8/c1-21(2)19-29(35(50)51)43-34(49)28(20-22-13-15-23(44)16-14-22)42-33(48)26-10-4-3-9-24(38)30(45)39-25(11-5-7-17-36)31(46)41-27(32(47)40-26)12-6-8-18-37/h3-4,13-16,21,24-29,44H,5-12,17-20,36-38H2,1-2H3,(H,39,45)(H,40,47)(H,41,46)(H,42,48)(H,43,49)(H,50,51)/b4-3+/t24-,25-,26+,27-,28-,29-/m0/s1. The highest BCUT2D eigenvalue weighted by Crippen LogP contribution is 2.14. The Kier molecular flexibility index (Phi) is 18.7. The first-order valence-electron chi connectivity index (χ1n) is 17.6. The van der Waals surface area contributed by atoms with Crippen molar-refractivity contribution >= 4 is 35.5 Å². The maximum absolute atomic E-state index is 13.9. The molecule has 16 heteroatoms. The number of rotatable bonds is 17. The molecule has 1 aliphatic rings. The van der Waals surface area contributed by atoms with Gasteiger partial charge in [-0.3, -0.25) is 24.0 Å². The van der Waals surface area contributed by atoms with E-state index in [-0.39, 0.29) is 50.2 Å².